The molecular formula is C8H18N2O3S. The van der Waals surface area contributed by atoms with E-state index in [4.69, 9.17) is 4.74 Å². The van der Waals surface area contributed by atoms with Crippen molar-refractivity contribution in [1.82, 2.24) is 10.0 Å². The molecule has 0 aromatic carbocycles. The van der Waals surface area contributed by atoms with Gasteiger partial charge in [0.05, 0.1) is 11.9 Å². The summed E-state index contributed by atoms with van der Waals surface area (Å²) in [4.78, 5) is 0. The largest absolute Gasteiger partial charge is 0.380 e. The lowest BCUT2D eigenvalue weighted by Crippen LogP contribution is -2.41. The third-order valence-electron chi connectivity index (χ3n) is 2.24. The Morgan fingerprint density at radius 3 is 2.79 bits per heavy atom. The van der Waals surface area contributed by atoms with Gasteiger partial charge < -0.3 is 10.1 Å². The summed E-state index contributed by atoms with van der Waals surface area (Å²) in [6, 6.07) is 0. The van der Waals surface area contributed by atoms with Crippen molar-refractivity contribution in [3.8, 4) is 0 Å². The minimum absolute atomic E-state index is 0.328. The van der Waals surface area contributed by atoms with Crippen molar-refractivity contribution >= 4 is 10.0 Å². The molecule has 1 heterocycles. The van der Waals surface area contributed by atoms with Gasteiger partial charge in [0, 0.05) is 19.7 Å². The van der Waals surface area contributed by atoms with Gasteiger partial charge >= 0.3 is 0 Å². The Morgan fingerprint density at radius 2 is 2.21 bits per heavy atom. The second kappa shape index (κ2) is 5.65. The Kier molecular flexibility index (Phi) is 4.80. The van der Waals surface area contributed by atoms with Crippen molar-refractivity contribution in [1.29, 1.82) is 0 Å². The van der Waals surface area contributed by atoms with E-state index in [0.717, 1.165) is 6.42 Å². The zero-order valence-corrected chi connectivity index (χ0v) is 9.27. The Labute approximate surface area is 85.3 Å². The van der Waals surface area contributed by atoms with E-state index in [1.165, 1.54) is 0 Å². The predicted molar refractivity (Wildman–Crippen MR) is 54.7 cm³/mol. The number of sulfonamides is 1. The van der Waals surface area contributed by atoms with Gasteiger partial charge in [0.2, 0.25) is 10.0 Å². The van der Waals surface area contributed by atoms with E-state index >= 15 is 0 Å². The summed E-state index contributed by atoms with van der Waals surface area (Å²) < 4.78 is 31.0. The molecule has 1 rings (SSSR count). The SMILES string of the molecule is CNCCNS(=O)(=O)C1CCCOC1. The lowest BCUT2D eigenvalue weighted by molar-refractivity contribution is 0.0988. The fourth-order valence-corrected chi connectivity index (χ4v) is 2.77. The second-order valence-electron chi connectivity index (χ2n) is 3.38. The van der Waals surface area contributed by atoms with E-state index in [1.54, 1.807) is 7.05 Å². The van der Waals surface area contributed by atoms with Crippen molar-refractivity contribution in [2.45, 2.75) is 18.1 Å². The molecule has 0 radical (unpaired) electrons. The van der Waals surface area contributed by atoms with Crippen molar-refractivity contribution in [3.05, 3.63) is 0 Å². The van der Waals surface area contributed by atoms with Crippen LogP contribution in [0.15, 0.2) is 0 Å². The quantitative estimate of drug-likeness (QED) is 0.604. The van der Waals surface area contributed by atoms with Gasteiger partial charge in [-0.05, 0) is 19.9 Å². The first-order valence-corrected chi connectivity index (χ1v) is 6.42. The topological polar surface area (TPSA) is 67.4 Å². The number of hydrogen-bond acceptors (Lipinski definition) is 4. The molecule has 1 aliphatic heterocycles. The summed E-state index contributed by atoms with van der Waals surface area (Å²) in [5.74, 6) is 0. The molecule has 1 aliphatic rings. The number of hydrogen-bond donors (Lipinski definition) is 2. The van der Waals surface area contributed by atoms with E-state index in [9.17, 15) is 8.42 Å². The highest BCUT2D eigenvalue weighted by Gasteiger charge is 2.27. The van der Waals surface area contributed by atoms with Gasteiger partial charge in [-0.25, -0.2) is 13.1 Å². The molecule has 1 unspecified atom stereocenters. The molecule has 1 fully saturated rings. The molecular weight excluding hydrogens is 204 g/mol. The van der Waals surface area contributed by atoms with Crippen LogP contribution in [0.2, 0.25) is 0 Å². The minimum atomic E-state index is -3.17. The average molecular weight is 222 g/mol. The normalized spacial score (nSPS) is 23.6. The average Bonchev–Trinajstić information content (AvgIpc) is 2.19. The highest BCUT2D eigenvalue weighted by Crippen LogP contribution is 2.13. The van der Waals surface area contributed by atoms with Crippen LogP contribution in [0.1, 0.15) is 12.8 Å². The van der Waals surface area contributed by atoms with Crippen molar-refractivity contribution in [3.63, 3.8) is 0 Å². The zero-order valence-electron chi connectivity index (χ0n) is 8.45. The molecule has 1 atom stereocenters. The Morgan fingerprint density at radius 1 is 1.43 bits per heavy atom. The van der Waals surface area contributed by atoms with Crippen LogP contribution in [0.5, 0.6) is 0 Å². The predicted octanol–water partition coefficient (Wildman–Crippen LogP) is -0.696. The Hall–Kier alpha value is -0.170. The van der Waals surface area contributed by atoms with Crippen LogP contribution in [-0.2, 0) is 14.8 Å². The molecule has 2 N–H and O–H groups in total. The molecule has 0 aliphatic carbocycles. The van der Waals surface area contributed by atoms with E-state index < -0.39 is 10.0 Å². The van der Waals surface area contributed by atoms with Gasteiger partial charge in [-0.1, -0.05) is 0 Å². The summed E-state index contributed by atoms with van der Waals surface area (Å²) in [7, 11) is -1.38. The maximum Gasteiger partial charge on any atom is 0.216 e. The van der Waals surface area contributed by atoms with Crippen LogP contribution in [0.25, 0.3) is 0 Å². The van der Waals surface area contributed by atoms with E-state index in [0.29, 0.717) is 32.7 Å². The summed E-state index contributed by atoms with van der Waals surface area (Å²) in [5, 5.41) is 2.52. The maximum atomic E-state index is 11.6. The first kappa shape index (κ1) is 11.9. The molecule has 0 amide bonds. The maximum absolute atomic E-state index is 11.6. The van der Waals surface area contributed by atoms with Crippen LogP contribution in [0, 0.1) is 0 Å². The van der Waals surface area contributed by atoms with E-state index in [-0.39, 0.29) is 5.25 Å². The summed E-state index contributed by atoms with van der Waals surface area (Å²) in [5.41, 5.74) is 0. The smallest absolute Gasteiger partial charge is 0.216 e. The molecule has 0 saturated carbocycles. The summed E-state index contributed by atoms with van der Waals surface area (Å²) in [6.45, 7) is 2.10. The molecule has 84 valence electrons. The second-order valence-corrected chi connectivity index (χ2v) is 5.43. The van der Waals surface area contributed by atoms with Gasteiger partial charge in [0.15, 0.2) is 0 Å². The molecule has 0 aromatic rings. The molecule has 0 bridgehead atoms. The highest BCUT2D eigenvalue weighted by molar-refractivity contribution is 7.90. The Balaban J connectivity index is 2.38. The van der Waals surface area contributed by atoms with Gasteiger partial charge in [-0.3, -0.25) is 0 Å². The monoisotopic (exact) mass is 222 g/mol. The molecule has 0 spiro atoms. The van der Waals surface area contributed by atoms with Gasteiger partial charge in [0.25, 0.3) is 0 Å². The Bertz CT molecular complexity index is 247. The van der Waals surface area contributed by atoms with Crippen LogP contribution < -0.4 is 10.0 Å². The summed E-state index contributed by atoms with van der Waals surface area (Å²) in [6.07, 6.45) is 1.53. The van der Waals surface area contributed by atoms with Gasteiger partial charge in [0.1, 0.15) is 0 Å². The minimum Gasteiger partial charge on any atom is -0.380 e. The van der Waals surface area contributed by atoms with Gasteiger partial charge in [-0.15, -0.1) is 0 Å². The fourth-order valence-electron chi connectivity index (χ4n) is 1.39. The number of nitrogens with one attached hydrogen (secondary N) is 2. The number of rotatable bonds is 5. The third kappa shape index (κ3) is 3.53. The van der Waals surface area contributed by atoms with E-state index in [2.05, 4.69) is 10.0 Å². The van der Waals surface area contributed by atoms with Crippen LogP contribution in [-0.4, -0.2) is 47.0 Å². The van der Waals surface area contributed by atoms with Gasteiger partial charge in [-0.2, -0.15) is 0 Å². The van der Waals surface area contributed by atoms with E-state index in [1.807, 2.05) is 0 Å². The molecule has 0 aromatic heterocycles. The zero-order chi connectivity index (χ0) is 10.4. The number of ether oxygens (including phenoxy) is 1. The first-order valence-electron chi connectivity index (χ1n) is 4.87. The fraction of sp³-hybridized carbons (Fsp3) is 1.00. The van der Waals surface area contributed by atoms with Crippen LogP contribution in [0.4, 0.5) is 0 Å². The molecule has 1 saturated heterocycles. The molecule has 5 nitrogen and oxygen atoms in total. The van der Waals surface area contributed by atoms with Crippen molar-refractivity contribution in [2.24, 2.45) is 0 Å². The summed E-state index contributed by atoms with van der Waals surface area (Å²) >= 11 is 0. The first-order chi connectivity index (χ1) is 6.67. The lowest BCUT2D eigenvalue weighted by Gasteiger charge is -2.22. The molecule has 6 heteroatoms. The number of likely N-dealkylation sites (N-methyl/N-ethyl adjacent to an activating group) is 1. The highest BCUT2D eigenvalue weighted by atomic mass is 32.2. The van der Waals surface area contributed by atoms with Crippen molar-refractivity contribution < 1.29 is 13.2 Å². The van der Waals surface area contributed by atoms with Crippen LogP contribution >= 0.6 is 0 Å². The lowest BCUT2D eigenvalue weighted by atomic mass is 10.2. The molecule has 14 heavy (non-hydrogen) atoms. The standard InChI is InChI=1S/C8H18N2O3S/c1-9-4-5-10-14(11,12)8-3-2-6-13-7-8/h8-10H,2-7H2,1H3. The van der Waals surface area contributed by atoms with Crippen molar-refractivity contribution in [2.75, 3.05) is 33.4 Å². The van der Waals surface area contributed by atoms with Crippen LogP contribution in [0.3, 0.4) is 0 Å². The third-order valence-corrected chi connectivity index (χ3v) is 4.09.